The van der Waals surface area contributed by atoms with Gasteiger partial charge in [0.1, 0.15) is 11.5 Å². The van der Waals surface area contributed by atoms with Gasteiger partial charge in [-0.25, -0.2) is 9.97 Å². The molecule has 41 heavy (non-hydrogen) atoms. The van der Waals surface area contributed by atoms with E-state index in [1.54, 1.807) is 14.2 Å². The van der Waals surface area contributed by atoms with Gasteiger partial charge in [0.2, 0.25) is 0 Å². The van der Waals surface area contributed by atoms with Crippen molar-refractivity contribution >= 4 is 78.2 Å². The van der Waals surface area contributed by atoms with Crippen LogP contribution in [0.5, 0.6) is 11.5 Å². The van der Waals surface area contributed by atoms with Crippen molar-refractivity contribution in [1.82, 2.24) is 15.3 Å². The number of pyridine rings is 2. The summed E-state index contributed by atoms with van der Waals surface area (Å²) in [6.07, 6.45) is 0. The molecule has 0 bridgehead atoms. The van der Waals surface area contributed by atoms with Crippen LogP contribution in [0.15, 0.2) is 72.8 Å². The molecule has 6 rings (SSSR count). The van der Waals surface area contributed by atoms with Crippen molar-refractivity contribution in [2.24, 2.45) is 0 Å². The lowest BCUT2D eigenvalue weighted by atomic mass is 10.1. The first kappa shape index (κ1) is 27.1. The standard InChI is InChI=1S/C32H29Cl2N5O2/c1-40-21-5-9-27-25(17-21)31(23-7-3-19(33)15-29(23)38-27)36-13-11-35-12-14-37-32-24-8-4-20(34)16-30(24)39-28-10-6-22(41-2)18-26(28)32/h3-10,15-18,35H,11-14H2,1-2H3,(H,36,38)(H,37,39). The fourth-order valence-corrected chi connectivity index (χ4v) is 5.44. The van der Waals surface area contributed by atoms with Crippen molar-refractivity contribution in [3.8, 4) is 11.5 Å². The van der Waals surface area contributed by atoms with Gasteiger partial charge in [-0.1, -0.05) is 23.2 Å². The highest BCUT2D eigenvalue weighted by atomic mass is 35.5. The summed E-state index contributed by atoms with van der Waals surface area (Å²) in [5.41, 5.74) is 5.50. The van der Waals surface area contributed by atoms with Crippen molar-refractivity contribution in [3.05, 3.63) is 82.8 Å². The number of benzene rings is 4. The predicted octanol–water partition coefficient (Wildman–Crippen LogP) is 7.53. The third kappa shape index (κ3) is 5.61. The van der Waals surface area contributed by atoms with E-state index in [4.69, 9.17) is 42.6 Å². The molecule has 3 N–H and O–H groups in total. The molecule has 0 aliphatic carbocycles. The molecule has 0 aliphatic heterocycles. The monoisotopic (exact) mass is 585 g/mol. The van der Waals surface area contributed by atoms with Crippen LogP contribution in [-0.4, -0.2) is 50.4 Å². The minimum absolute atomic E-state index is 0.661. The molecule has 2 heterocycles. The molecule has 9 heteroatoms. The fraction of sp³-hybridized carbons (Fsp3) is 0.188. The second kappa shape index (κ2) is 11.8. The molecule has 0 saturated carbocycles. The van der Waals surface area contributed by atoms with Crippen molar-refractivity contribution < 1.29 is 9.47 Å². The Bertz CT molecular complexity index is 1760. The Kier molecular flexibility index (Phi) is 7.83. The maximum absolute atomic E-state index is 6.26. The van der Waals surface area contributed by atoms with Crippen LogP contribution in [0.3, 0.4) is 0 Å². The predicted molar refractivity (Wildman–Crippen MR) is 171 cm³/mol. The van der Waals surface area contributed by atoms with Gasteiger partial charge in [0.05, 0.1) is 47.7 Å². The summed E-state index contributed by atoms with van der Waals surface area (Å²) in [5.74, 6) is 1.58. The van der Waals surface area contributed by atoms with Gasteiger partial charge >= 0.3 is 0 Å². The number of nitrogens with zero attached hydrogens (tertiary/aromatic N) is 2. The van der Waals surface area contributed by atoms with Crippen LogP contribution in [0, 0.1) is 0 Å². The quantitative estimate of drug-likeness (QED) is 0.113. The Morgan fingerprint density at radius 3 is 1.44 bits per heavy atom. The van der Waals surface area contributed by atoms with Gasteiger partial charge in [0.25, 0.3) is 0 Å². The largest absolute Gasteiger partial charge is 0.497 e. The second-order valence-corrected chi connectivity index (χ2v) is 10.5. The van der Waals surface area contributed by atoms with Gasteiger partial charge in [0, 0.05) is 57.8 Å². The van der Waals surface area contributed by atoms with Crippen LogP contribution in [-0.2, 0) is 0 Å². The second-order valence-electron chi connectivity index (χ2n) is 9.67. The molecule has 0 fully saturated rings. The van der Waals surface area contributed by atoms with Crippen LogP contribution in [0.4, 0.5) is 11.4 Å². The van der Waals surface area contributed by atoms with Gasteiger partial charge in [-0.3, -0.25) is 0 Å². The number of halogens is 2. The smallest absolute Gasteiger partial charge is 0.119 e. The molecule has 0 radical (unpaired) electrons. The number of rotatable bonds is 10. The zero-order valence-corrected chi connectivity index (χ0v) is 24.2. The summed E-state index contributed by atoms with van der Waals surface area (Å²) >= 11 is 12.5. The summed E-state index contributed by atoms with van der Waals surface area (Å²) in [4.78, 5) is 9.61. The number of aromatic nitrogens is 2. The van der Waals surface area contributed by atoms with Crippen molar-refractivity contribution in [1.29, 1.82) is 0 Å². The number of fused-ring (bicyclic) bond motifs is 4. The summed E-state index contributed by atoms with van der Waals surface area (Å²) < 4.78 is 10.9. The first-order valence-electron chi connectivity index (χ1n) is 13.4. The SMILES string of the molecule is COc1ccc2nc3cc(Cl)ccc3c(NCCNCCNc3c4ccc(Cl)cc4nc4ccc(OC)cc34)c2c1. The number of methoxy groups -OCH3 is 2. The number of hydrogen-bond donors (Lipinski definition) is 3. The van der Waals surface area contributed by atoms with E-state index in [-0.39, 0.29) is 0 Å². The van der Waals surface area contributed by atoms with Crippen molar-refractivity contribution in [3.63, 3.8) is 0 Å². The topological polar surface area (TPSA) is 80.3 Å². The van der Waals surface area contributed by atoms with Crippen molar-refractivity contribution in [2.75, 3.05) is 51.0 Å². The van der Waals surface area contributed by atoms with Crippen molar-refractivity contribution in [2.45, 2.75) is 0 Å². The van der Waals surface area contributed by atoms with Crippen LogP contribution in [0.25, 0.3) is 43.6 Å². The van der Waals surface area contributed by atoms with E-state index >= 15 is 0 Å². The van der Waals surface area contributed by atoms with Gasteiger partial charge in [0.15, 0.2) is 0 Å². The molecule has 0 spiro atoms. The van der Waals surface area contributed by atoms with E-state index in [0.717, 1.165) is 92.7 Å². The highest BCUT2D eigenvalue weighted by molar-refractivity contribution is 6.32. The Labute approximate surface area is 247 Å². The zero-order chi connectivity index (χ0) is 28.3. The first-order valence-corrected chi connectivity index (χ1v) is 14.1. The van der Waals surface area contributed by atoms with E-state index < -0.39 is 0 Å². The van der Waals surface area contributed by atoms with E-state index in [0.29, 0.717) is 10.0 Å². The molecule has 208 valence electrons. The van der Waals surface area contributed by atoms with Gasteiger partial charge in [-0.15, -0.1) is 0 Å². The molecule has 0 amide bonds. The number of nitrogens with one attached hydrogen (secondary N) is 3. The van der Waals surface area contributed by atoms with E-state index in [1.807, 2.05) is 72.8 Å². The molecule has 0 unspecified atom stereocenters. The average Bonchev–Trinajstić information content (AvgIpc) is 2.98. The molecule has 4 aromatic carbocycles. The maximum Gasteiger partial charge on any atom is 0.119 e. The van der Waals surface area contributed by atoms with E-state index in [9.17, 15) is 0 Å². The Morgan fingerprint density at radius 2 is 1.00 bits per heavy atom. The van der Waals surface area contributed by atoms with Crippen LogP contribution in [0.1, 0.15) is 0 Å². The fourth-order valence-electron chi connectivity index (χ4n) is 5.10. The third-order valence-electron chi connectivity index (χ3n) is 7.09. The average molecular weight is 587 g/mol. The zero-order valence-electron chi connectivity index (χ0n) is 22.7. The molecule has 6 aromatic rings. The first-order chi connectivity index (χ1) is 20.0. The lowest BCUT2D eigenvalue weighted by Gasteiger charge is -2.16. The molecular weight excluding hydrogens is 557 g/mol. The molecular formula is C32H29Cl2N5O2. The molecule has 2 aromatic heterocycles. The third-order valence-corrected chi connectivity index (χ3v) is 7.56. The highest BCUT2D eigenvalue weighted by Crippen LogP contribution is 2.35. The van der Waals surface area contributed by atoms with Crippen LogP contribution >= 0.6 is 23.2 Å². The molecule has 0 atom stereocenters. The summed E-state index contributed by atoms with van der Waals surface area (Å²) in [6.45, 7) is 2.99. The maximum atomic E-state index is 6.26. The minimum Gasteiger partial charge on any atom is -0.497 e. The van der Waals surface area contributed by atoms with E-state index in [1.165, 1.54) is 0 Å². The Balaban J connectivity index is 1.15. The van der Waals surface area contributed by atoms with E-state index in [2.05, 4.69) is 16.0 Å². The van der Waals surface area contributed by atoms with Gasteiger partial charge < -0.3 is 25.4 Å². The number of anilines is 2. The molecule has 0 saturated heterocycles. The summed E-state index contributed by atoms with van der Waals surface area (Å²) in [6, 6.07) is 23.4. The van der Waals surface area contributed by atoms with Gasteiger partial charge in [-0.05, 0) is 72.8 Å². The Hall–Kier alpha value is -4.04. The summed E-state index contributed by atoms with van der Waals surface area (Å²) in [5, 5.41) is 16.1. The molecule has 7 nitrogen and oxygen atoms in total. The van der Waals surface area contributed by atoms with Gasteiger partial charge in [-0.2, -0.15) is 0 Å². The minimum atomic E-state index is 0.661. The number of hydrogen-bond acceptors (Lipinski definition) is 7. The lowest BCUT2D eigenvalue weighted by Crippen LogP contribution is -2.27. The number of ether oxygens (including phenoxy) is 2. The van der Waals surface area contributed by atoms with Crippen LogP contribution in [0.2, 0.25) is 10.0 Å². The lowest BCUT2D eigenvalue weighted by molar-refractivity contribution is 0.415. The molecule has 0 aliphatic rings. The van der Waals surface area contributed by atoms with Crippen LogP contribution < -0.4 is 25.4 Å². The summed E-state index contributed by atoms with van der Waals surface area (Å²) in [7, 11) is 3.34. The normalized spacial score (nSPS) is 11.4. The highest BCUT2D eigenvalue weighted by Gasteiger charge is 2.12. The Morgan fingerprint density at radius 1 is 0.537 bits per heavy atom.